The van der Waals surface area contributed by atoms with Crippen molar-refractivity contribution in [3.63, 3.8) is 0 Å². The van der Waals surface area contributed by atoms with Crippen LogP contribution in [-0.4, -0.2) is 19.1 Å². The van der Waals surface area contributed by atoms with Gasteiger partial charge in [0.1, 0.15) is 11.5 Å². The maximum Gasteiger partial charge on any atom is 0.261 e. The van der Waals surface area contributed by atoms with Gasteiger partial charge in [-0.3, -0.25) is 4.79 Å². The predicted octanol–water partition coefficient (Wildman–Crippen LogP) is 3.73. The lowest BCUT2D eigenvalue weighted by Crippen LogP contribution is -2.39. The Kier molecular flexibility index (Phi) is 6.03. The van der Waals surface area contributed by atoms with E-state index < -0.39 is 6.10 Å². The average Bonchev–Trinajstić information content (AvgIpc) is 2.60. The summed E-state index contributed by atoms with van der Waals surface area (Å²) in [7, 11) is 1.61. The SMILES string of the molecule is CC[C@H](Oc1ccc(OC)cc1)C(=O)N[C@H](C)c1ccccc1. The van der Waals surface area contributed by atoms with Gasteiger partial charge in [-0.15, -0.1) is 0 Å². The first kappa shape index (κ1) is 16.9. The molecule has 0 aromatic heterocycles. The fourth-order valence-electron chi connectivity index (χ4n) is 2.27. The van der Waals surface area contributed by atoms with Crippen LogP contribution in [0, 0.1) is 0 Å². The van der Waals surface area contributed by atoms with Gasteiger partial charge in [-0.25, -0.2) is 0 Å². The highest BCUT2D eigenvalue weighted by Crippen LogP contribution is 2.19. The molecule has 0 spiro atoms. The normalized spacial score (nSPS) is 13.0. The summed E-state index contributed by atoms with van der Waals surface area (Å²) in [6.45, 7) is 3.90. The number of carbonyl (C=O) groups is 1. The summed E-state index contributed by atoms with van der Waals surface area (Å²) in [5.41, 5.74) is 1.07. The maximum atomic E-state index is 12.4. The summed E-state index contributed by atoms with van der Waals surface area (Å²) in [4.78, 5) is 12.4. The highest BCUT2D eigenvalue weighted by molar-refractivity contribution is 5.81. The first-order valence-electron chi connectivity index (χ1n) is 7.80. The molecule has 2 rings (SSSR count). The van der Waals surface area contributed by atoms with Crippen molar-refractivity contribution in [1.29, 1.82) is 0 Å². The van der Waals surface area contributed by atoms with Crippen LogP contribution in [0.2, 0.25) is 0 Å². The van der Waals surface area contributed by atoms with Crippen molar-refractivity contribution in [3.05, 3.63) is 60.2 Å². The molecule has 1 amide bonds. The molecule has 0 fully saturated rings. The average molecular weight is 313 g/mol. The van der Waals surface area contributed by atoms with Crippen molar-refractivity contribution in [2.75, 3.05) is 7.11 Å². The fraction of sp³-hybridized carbons (Fsp3) is 0.316. The van der Waals surface area contributed by atoms with E-state index in [0.717, 1.165) is 11.3 Å². The van der Waals surface area contributed by atoms with Crippen LogP contribution in [0.1, 0.15) is 31.9 Å². The van der Waals surface area contributed by atoms with Gasteiger partial charge in [-0.05, 0) is 43.2 Å². The molecule has 0 aliphatic rings. The molecule has 0 bridgehead atoms. The second-order valence-electron chi connectivity index (χ2n) is 5.33. The largest absolute Gasteiger partial charge is 0.497 e. The van der Waals surface area contributed by atoms with Crippen LogP contribution in [0.5, 0.6) is 11.5 Å². The third-order valence-electron chi connectivity index (χ3n) is 3.66. The molecule has 2 aromatic carbocycles. The molecule has 0 aliphatic heterocycles. The molecule has 0 heterocycles. The van der Waals surface area contributed by atoms with Crippen LogP contribution in [0.4, 0.5) is 0 Å². The Hall–Kier alpha value is -2.49. The minimum absolute atomic E-state index is 0.0581. The highest BCUT2D eigenvalue weighted by Gasteiger charge is 2.20. The van der Waals surface area contributed by atoms with Crippen molar-refractivity contribution in [3.8, 4) is 11.5 Å². The maximum absolute atomic E-state index is 12.4. The Morgan fingerprint density at radius 2 is 1.65 bits per heavy atom. The smallest absolute Gasteiger partial charge is 0.261 e. The zero-order valence-electron chi connectivity index (χ0n) is 13.8. The fourth-order valence-corrected chi connectivity index (χ4v) is 2.27. The Balaban J connectivity index is 1.97. The molecule has 0 unspecified atom stereocenters. The van der Waals surface area contributed by atoms with Crippen LogP contribution in [0.15, 0.2) is 54.6 Å². The van der Waals surface area contributed by atoms with Crippen molar-refractivity contribution in [1.82, 2.24) is 5.32 Å². The molecule has 4 heteroatoms. The third-order valence-corrected chi connectivity index (χ3v) is 3.66. The molecule has 0 saturated carbocycles. The Bertz CT molecular complexity index is 610. The minimum atomic E-state index is -0.519. The number of hydrogen-bond acceptors (Lipinski definition) is 3. The van der Waals surface area contributed by atoms with Gasteiger partial charge in [0.2, 0.25) is 0 Å². The second kappa shape index (κ2) is 8.22. The van der Waals surface area contributed by atoms with E-state index in [2.05, 4.69) is 5.32 Å². The monoisotopic (exact) mass is 313 g/mol. The van der Waals surface area contributed by atoms with Crippen LogP contribution < -0.4 is 14.8 Å². The molecule has 2 atom stereocenters. The van der Waals surface area contributed by atoms with E-state index in [-0.39, 0.29) is 11.9 Å². The van der Waals surface area contributed by atoms with Crippen molar-refractivity contribution >= 4 is 5.91 Å². The number of carbonyl (C=O) groups excluding carboxylic acids is 1. The van der Waals surface area contributed by atoms with Crippen molar-refractivity contribution in [2.24, 2.45) is 0 Å². The molecule has 0 aliphatic carbocycles. The van der Waals surface area contributed by atoms with Gasteiger partial charge in [-0.2, -0.15) is 0 Å². The minimum Gasteiger partial charge on any atom is -0.497 e. The van der Waals surface area contributed by atoms with E-state index in [1.165, 1.54) is 0 Å². The lowest BCUT2D eigenvalue weighted by Gasteiger charge is -2.21. The number of amides is 1. The molecule has 122 valence electrons. The van der Waals surface area contributed by atoms with Crippen molar-refractivity contribution < 1.29 is 14.3 Å². The molecule has 23 heavy (non-hydrogen) atoms. The van der Waals surface area contributed by atoms with Crippen molar-refractivity contribution in [2.45, 2.75) is 32.4 Å². The van der Waals surface area contributed by atoms with E-state index in [1.54, 1.807) is 19.2 Å². The standard InChI is InChI=1S/C19H23NO3/c1-4-18(23-17-12-10-16(22-3)11-13-17)19(21)20-14(2)15-8-6-5-7-9-15/h5-14,18H,4H2,1-3H3,(H,20,21)/t14-,18+/m1/s1. The number of methoxy groups -OCH3 is 1. The lowest BCUT2D eigenvalue weighted by atomic mass is 10.1. The summed E-state index contributed by atoms with van der Waals surface area (Å²) >= 11 is 0. The van der Waals surface area contributed by atoms with Crippen LogP contribution >= 0.6 is 0 Å². The van der Waals surface area contributed by atoms with Crippen LogP contribution in [0.3, 0.4) is 0 Å². The molecule has 2 aromatic rings. The number of rotatable bonds is 7. The van der Waals surface area contributed by atoms with Gasteiger partial charge in [0.15, 0.2) is 6.10 Å². The molecule has 1 N–H and O–H groups in total. The lowest BCUT2D eigenvalue weighted by molar-refractivity contribution is -0.128. The van der Waals surface area contributed by atoms with Gasteiger partial charge in [0, 0.05) is 0 Å². The molecule has 0 radical (unpaired) electrons. The zero-order chi connectivity index (χ0) is 16.7. The number of ether oxygens (including phenoxy) is 2. The third kappa shape index (κ3) is 4.74. The molecular weight excluding hydrogens is 290 g/mol. The van der Waals surface area contributed by atoms with E-state index in [9.17, 15) is 4.79 Å². The van der Waals surface area contributed by atoms with E-state index in [1.807, 2.05) is 56.3 Å². The predicted molar refractivity (Wildman–Crippen MR) is 90.7 cm³/mol. The number of hydrogen-bond donors (Lipinski definition) is 1. The van der Waals surface area contributed by atoms with Crippen LogP contribution in [-0.2, 0) is 4.79 Å². The topological polar surface area (TPSA) is 47.6 Å². The first-order chi connectivity index (χ1) is 11.1. The van der Waals surface area contributed by atoms with E-state index in [0.29, 0.717) is 12.2 Å². The zero-order valence-corrected chi connectivity index (χ0v) is 13.8. The summed E-state index contributed by atoms with van der Waals surface area (Å²) in [6.07, 6.45) is 0.0777. The Morgan fingerprint density at radius 3 is 2.22 bits per heavy atom. The molecule has 0 saturated heterocycles. The second-order valence-corrected chi connectivity index (χ2v) is 5.33. The van der Waals surface area contributed by atoms with Gasteiger partial charge in [0.25, 0.3) is 5.91 Å². The summed E-state index contributed by atoms with van der Waals surface area (Å²) < 4.78 is 10.9. The van der Waals surface area contributed by atoms with Gasteiger partial charge < -0.3 is 14.8 Å². The highest BCUT2D eigenvalue weighted by atomic mass is 16.5. The summed E-state index contributed by atoms with van der Waals surface area (Å²) in [6, 6.07) is 17.0. The van der Waals surface area contributed by atoms with Gasteiger partial charge >= 0.3 is 0 Å². The quantitative estimate of drug-likeness (QED) is 0.847. The Labute approximate surface area is 137 Å². The van der Waals surface area contributed by atoms with Gasteiger partial charge in [-0.1, -0.05) is 37.3 Å². The number of benzene rings is 2. The van der Waals surface area contributed by atoms with E-state index >= 15 is 0 Å². The summed E-state index contributed by atoms with van der Waals surface area (Å²) in [5.74, 6) is 1.30. The Morgan fingerprint density at radius 1 is 1.04 bits per heavy atom. The molecule has 4 nitrogen and oxygen atoms in total. The van der Waals surface area contributed by atoms with Gasteiger partial charge in [0.05, 0.1) is 13.2 Å². The first-order valence-corrected chi connectivity index (χ1v) is 7.80. The van der Waals surface area contributed by atoms with Crippen LogP contribution in [0.25, 0.3) is 0 Å². The number of nitrogens with one attached hydrogen (secondary N) is 1. The molecular formula is C19H23NO3. The summed E-state index contributed by atoms with van der Waals surface area (Å²) in [5, 5.41) is 3.00. The van der Waals surface area contributed by atoms with E-state index in [4.69, 9.17) is 9.47 Å².